The maximum Gasteiger partial charge on any atom is 0.253 e. The zero-order valence-electron chi connectivity index (χ0n) is 12.5. The quantitative estimate of drug-likeness (QED) is 0.786. The van der Waals surface area contributed by atoms with Gasteiger partial charge >= 0.3 is 0 Å². The van der Waals surface area contributed by atoms with Gasteiger partial charge in [0.15, 0.2) is 0 Å². The van der Waals surface area contributed by atoms with Gasteiger partial charge in [0.1, 0.15) is 6.33 Å². The van der Waals surface area contributed by atoms with Crippen LogP contribution < -0.4 is 5.32 Å². The van der Waals surface area contributed by atoms with E-state index in [2.05, 4.69) is 20.8 Å². The molecule has 0 saturated heterocycles. The number of nitrogens with one attached hydrogen (secondary N) is 1. The van der Waals surface area contributed by atoms with Crippen molar-refractivity contribution >= 4 is 17.5 Å². The Labute approximate surface area is 133 Å². The van der Waals surface area contributed by atoms with Gasteiger partial charge in [-0.15, -0.1) is 5.10 Å². The molecule has 1 amide bonds. The molecule has 0 unspecified atom stereocenters. The van der Waals surface area contributed by atoms with E-state index in [-0.39, 0.29) is 12.0 Å². The topological polar surface area (TPSA) is 81.9 Å². The van der Waals surface area contributed by atoms with Crippen LogP contribution in [-0.2, 0) is 4.74 Å². The molecule has 0 aliphatic heterocycles. The van der Waals surface area contributed by atoms with Crippen molar-refractivity contribution in [1.29, 1.82) is 0 Å². The molecule has 22 heavy (non-hydrogen) atoms. The van der Waals surface area contributed by atoms with Gasteiger partial charge in [-0.2, -0.15) is 4.68 Å². The van der Waals surface area contributed by atoms with Crippen LogP contribution in [0.4, 0.5) is 0 Å². The van der Waals surface area contributed by atoms with Crippen molar-refractivity contribution in [3.8, 4) is 5.69 Å². The highest BCUT2D eigenvalue weighted by molar-refractivity contribution is 6.31. The second kappa shape index (κ2) is 7.86. The minimum absolute atomic E-state index is 0.190. The molecule has 0 fully saturated rings. The molecular formula is C14H18ClN5O2. The maximum atomic E-state index is 12.3. The highest BCUT2D eigenvalue weighted by Crippen LogP contribution is 2.18. The lowest BCUT2D eigenvalue weighted by molar-refractivity contribution is 0.0757. The van der Waals surface area contributed by atoms with Crippen molar-refractivity contribution in [3.05, 3.63) is 35.1 Å². The molecule has 0 saturated carbocycles. The number of carbonyl (C=O) groups is 1. The van der Waals surface area contributed by atoms with Crippen molar-refractivity contribution < 1.29 is 9.53 Å². The highest BCUT2D eigenvalue weighted by atomic mass is 35.5. The molecule has 1 heterocycles. The molecule has 118 valence electrons. The third-order valence-corrected chi connectivity index (χ3v) is 3.09. The van der Waals surface area contributed by atoms with Gasteiger partial charge in [0.25, 0.3) is 5.91 Å². The van der Waals surface area contributed by atoms with Crippen LogP contribution in [0.15, 0.2) is 24.5 Å². The number of nitrogens with zero attached hydrogens (tertiary/aromatic N) is 4. The van der Waals surface area contributed by atoms with Crippen molar-refractivity contribution in [2.45, 2.75) is 26.4 Å². The zero-order valence-corrected chi connectivity index (χ0v) is 13.2. The van der Waals surface area contributed by atoms with E-state index in [9.17, 15) is 4.79 Å². The van der Waals surface area contributed by atoms with Gasteiger partial charge in [0.05, 0.1) is 17.4 Å². The lowest BCUT2D eigenvalue weighted by Gasteiger charge is -2.11. The fourth-order valence-electron chi connectivity index (χ4n) is 1.85. The van der Waals surface area contributed by atoms with Gasteiger partial charge in [-0.05, 0) is 48.9 Å². The van der Waals surface area contributed by atoms with E-state index in [1.54, 1.807) is 18.2 Å². The summed E-state index contributed by atoms with van der Waals surface area (Å²) in [4.78, 5) is 12.3. The minimum atomic E-state index is -0.224. The normalized spacial score (nSPS) is 10.9. The average molecular weight is 324 g/mol. The first-order valence-corrected chi connectivity index (χ1v) is 7.38. The Balaban J connectivity index is 2.01. The monoisotopic (exact) mass is 323 g/mol. The van der Waals surface area contributed by atoms with Crippen LogP contribution in [0, 0.1) is 0 Å². The van der Waals surface area contributed by atoms with E-state index in [1.807, 2.05) is 13.8 Å². The van der Waals surface area contributed by atoms with Crippen LogP contribution in [0.2, 0.25) is 5.02 Å². The summed E-state index contributed by atoms with van der Waals surface area (Å²) in [6.07, 6.45) is 2.36. The molecule has 2 aromatic rings. The number of rotatable bonds is 7. The van der Waals surface area contributed by atoms with E-state index in [1.165, 1.54) is 11.0 Å². The molecule has 1 aromatic carbocycles. The first-order valence-electron chi connectivity index (χ1n) is 7.00. The number of benzene rings is 1. The highest BCUT2D eigenvalue weighted by Gasteiger charge is 2.14. The number of carbonyl (C=O) groups excluding carboxylic acids is 1. The Hall–Kier alpha value is -1.99. The summed E-state index contributed by atoms with van der Waals surface area (Å²) >= 11 is 5.98. The smallest absolute Gasteiger partial charge is 0.253 e. The summed E-state index contributed by atoms with van der Waals surface area (Å²) in [5, 5.41) is 14.3. The molecule has 0 aliphatic carbocycles. The summed E-state index contributed by atoms with van der Waals surface area (Å²) in [7, 11) is 0. The lowest BCUT2D eigenvalue weighted by Crippen LogP contribution is -2.26. The average Bonchev–Trinajstić information content (AvgIpc) is 3.00. The molecule has 0 spiro atoms. The summed E-state index contributed by atoms with van der Waals surface area (Å²) in [6, 6.07) is 4.99. The Morgan fingerprint density at radius 2 is 2.27 bits per heavy atom. The van der Waals surface area contributed by atoms with Crippen LogP contribution in [0.5, 0.6) is 0 Å². The molecule has 8 heteroatoms. The first-order chi connectivity index (χ1) is 10.6. The predicted octanol–water partition coefficient (Wildman–Crippen LogP) is 1.86. The second-order valence-corrected chi connectivity index (χ2v) is 5.38. The van der Waals surface area contributed by atoms with Gasteiger partial charge < -0.3 is 10.1 Å². The standard InChI is InChI=1S/C14H18ClN5O2/c1-10(2)22-7-3-6-16-14(21)12-8-11(15)4-5-13(12)20-9-17-18-19-20/h4-5,8-10H,3,6-7H2,1-2H3,(H,16,21). The van der Waals surface area contributed by atoms with Gasteiger partial charge in [-0.3, -0.25) is 4.79 Å². The van der Waals surface area contributed by atoms with E-state index >= 15 is 0 Å². The summed E-state index contributed by atoms with van der Waals surface area (Å²) in [5.74, 6) is -0.224. The molecule has 7 nitrogen and oxygen atoms in total. The maximum absolute atomic E-state index is 12.3. The van der Waals surface area contributed by atoms with Crippen LogP contribution in [-0.4, -0.2) is 45.4 Å². The van der Waals surface area contributed by atoms with Crippen LogP contribution >= 0.6 is 11.6 Å². The number of ether oxygens (including phenoxy) is 1. The van der Waals surface area contributed by atoms with Crippen molar-refractivity contribution in [2.24, 2.45) is 0 Å². The molecule has 1 aromatic heterocycles. The van der Waals surface area contributed by atoms with Crippen LogP contribution in [0.25, 0.3) is 5.69 Å². The van der Waals surface area contributed by atoms with Crippen LogP contribution in [0.1, 0.15) is 30.6 Å². The number of halogens is 1. The Morgan fingerprint density at radius 1 is 1.45 bits per heavy atom. The molecule has 1 N–H and O–H groups in total. The number of hydrogen-bond acceptors (Lipinski definition) is 5. The third kappa shape index (κ3) is 4.51. The number of aromatic nitrogens is 4. The Morgan fingerprint density at radius 3 is 2.95 bits per heavy atom. The Kier molecular flexibility index (Phi) is 5.85. The van der Waals surface area contributed by atoms with Gasteiger partial charge in [0, 0.05) is 18.2 Å². The summed E-state index contributed by atoms with van der Waals surface area (Å²) < 4.78 is 6.85. The second-order valence-electron chi connectivity index (χ2n) is 4.94. The molecule has 0 bridgehead atoms. The van der Waals surface area contributed by atoms with E-state index < -0.39 is 0 Å². The van der Waals surface area contributed by atoms with Gasteiger partial charge in [0.2, 0.25) is 0 Å². The SMILES string of the molecule is CC(C)OCCCNC(=O)c1cc(Cl)ccc1-n1cnnn1. The van der Waals surface area contributed by atoms with Crippen LogP contribution in [0.3, 0.4) is 0 Å². The van der Waals surface area contributed by atoms with E-state index in [0.29, 0.717) is 29.4 Å². The third-order valence-electron chi connectivity index (χ3n) is 2.86. The van der Waals surface area contributed by atoms with E-state index in [4.69, 9.17) is 16.3 Å². The number of amides is 1. The zero-order chi connectivity index (χ0) is 15.9. The van der Waals surface area contributed by atoms with Crippen molar-refractivity contribution in [2.75, 3.05) is 13.2 Å². The first kappa shape index (κ1) is 16.4. The fourth-order valence-corrected chi connectivity index (χ4v) is 2.02. The fraction of sp³-hybridized carbons (Fsp3) is 0.429. The minimum Gasteiger partial charge on any atom is -0.379 e. The van der Waals surface area contributed by atoms with Crippen molar-refractivity contribution in [1.82, 2.24) is 25.5 Å². The number of hydrogen-bond donors (Lipinski definition) is 1. The van der Waals surface area contributed by atoms with E-state index in [0.717, 1.165) is 6.42 Å². The van der Waals surface area contributed by atoms with Gasteiger partial charge in [-0.1, -0.05) is 11.6 Å². The summed E-state index contributed by atoms with van der Waals surface area (Å²) in [5.41, 5.74) is 0.995. The molecular weight excluding hydrogens is 306 g/mol. The molecule has 0 aliphatic rings. The predicted molar refractivity (Wildman–Crippen MR) is 82.2 cm³/mol. The Bertz CT molecular complexity index is 616. The molecule has 0 radical (unpaired) electrons. The largest absolute Gasteiger partial charge is 0.379 e. The summed E-state index contributed by atoms with van der Waals surface area (Å²) in [6.45, 7) is 5.08. The van der Waals surface area contributed by atoms with Gasteiger partial charge in [-0.25, -0.2) is 0 Å². The molecule has 0 atom stereocenters. The van der Waals surface area contributed by atoms with Crippen molar-refractivity contribution in [3.63, 3.8) is 0 Å². The molecule has 2 rings (SSSR count). The lowest BCUT2D eigenvalue weighted by atomic mass is 10.1. The number of tetrazole rings is 1.